The topological polar surface area (TPSA) is 96.4 Å². The molecule has 0 bridgehead atoms. The molecular weight excluding hydrogens is 409 g/mol. The van der Waals surface area contributed by atoms with Crippen molar-refractivity contribution in [2.75, 3.05) is 0 Å². The second-order valence-corrected chi connectivity index (χ2v) is 6.10. The summed E-state index contributed by atoms with van der Waals surface area (Å²) in [5, 5.41) is 27.4. The fraction of sp³-hybridized carbons (Fsp3) is 0.0526. The van der Waals surface area contributed by atoms with Crippen molar-refractivity contribution < 1.29 is 70.2 Å². The summed E-state index contributed by atoms with van der Waals surface area (Å²) in [7, 11) is 0. The first-order valence-corrected chi connectivity index (χ1v) is 8.13. The molecule has 29 heavy (non-hydrogen) atoms. The Labute approximate surface area is 205 Å². The molecule has 2 aromatic carbocycles. The van der Waals surface area contributed by atoms with Crippen molar-refractivity contribution in [2.45, 2.75) is 6.92 Å². The molecule has 0 atom stereocenters. The monoisotopic (exact) mass is 420 g/mol. The summed E-state index contributed by atoms with van der Waals surface area (Å²) in [6.45, 7) is 1.60. The summed E-state index contributed by atoms with van der Waals surface area (Å²) in [5.41, 5.74) is 1.46. The van der Waals surface area contributed by atoms with Crippen LogP contribution in [0, 0.1) is 28.7 Å². The number of nitrogens with zero attached hydrogens (tertiary/aromatic N) is 4. The molecule has 0 aliphatic rings. The van der Waals surface area contributed by atoms with Crippen LogP contribution in [0.2, 0.25) is 0 Å². The van der Waals surface area contributed by atoms with Gasteiger partial charge in [0.15, 0.2) is 5.65 Å². The minimum atomic E-state index is -0.798. The number of aryl methyl sites for hydroxylation is 1. The Hall–Kier alpha value is -2.24. The normalized spacial score (nSPS) is 10.7. The molecule has 0 spiro atoms. The molecule has 0 aliphatic heterocycles. The van der Waals surface area contributed by atoms with E-state index >= 15 is 0 Å². The number of nitro groups is 1. The molecule has 140 valence electrons. The van der Waals surface area contributed by atoms with Gasteiger partial charge in [-0.2, -0.15) is 5.10 Å². The Morgan fingerprint density at radius 2 is 1.76 bits per heavy atom. The zero-order chi connectivity index (χ0) is 20.0. The van der Waals surface area contributed by atoms with Crippen molar-refractivity contribution in [3.8, 4) is 28.3 Å². The number of hydrogen-bond acceptors (Lipinski definition) is 5. The van der Waals surface area contributed by atoms with E-state index in [1.165, 1.54) is 36.4 Å². The summed E-state index contributed by atoms with van der Waals surface area (Å²) in [5.74, 6) is -2.01. The molecule has 7 nitrogen and oxygen atoms in total. The molecule has 0 saturated carbocycles. The minimum absolute atomic E-state index is 0. The van der Waals surface area contributed by atoms with Crippen LogP contribution in [-0.4, -0.2) is 19.5 Å². The molecule has 4 aromatic rings. The molecular formula is C19H11F2KN4O3. The van der Waals surface area contributed by atoms with Crippen LogP contribution in [0.1, 0.15) is 5.69 Å². The molecule has 0 unspecified atom stereocenters. The second-order valence-electron chi connectivity index (χ2n) is 6.10. The number of non-ortho nitro benzene ring substituents is 1. The largest absolute Gasteiger partial charge is 1.00 e. The van der Waals surface area contributed by atoms with Gasteiger partial charge in [0.2, 0.25) is 0 Å². The summed E-state index contributed by atoms with van der Waals surface area (Å²) in [6, 6.07) is 9.90. The molecule has 0 aliphatic carbocycles. The van der Waals surface area contributed by atoms with E-state index in [0.717, 1.165) is 16.6 Å². The van der Waals surface area contributed by atoms with Gasteiger partial charge in [-0.3, -0.25) is 10.1 Å². The summed E-state index contributed by atoms with van der Waals surface area (Å²) >= 11 is 0. The van der Waals surface area contributed by atoms with Crippen molar-refractivity contribution in [2.24, 2.45) is 0 Å². The molecule has 4 rings (SSSR count). The molecule has 0 N–H and O–H groups in total. The maximum absolute atomic E-state index is 14.3. The Morgan fingerprint density at radius 3 is 2.38 bits per heavy atom. The molecule has 10 heteroatoms. The first-order valence-electron chi connectivity index (χ1n) is 8.13. The van der Waals surface area contributed by atoms with Crippen LogP contribution in [0.3, 0.4) is 0 Å². The van der Waals surface area contributed by atoms with Crippen molar-refractivity contribution >= 4 is 11.3 Å². The average Bonchev–Trinajstić information content (AvgIpc) is 2.98. The number of halogens is 2. The van der Waals surface area contributed by atoms with Crippen LogP contribution in [0.15, 0.2) is 48.5 Å². The van der Waals surface area contributed by atoms with E-state index in [4.69, 9.17) is 0 Å². The smallest absolute Gasteiger partial charge is 0.858 e. The molecule has 0 fully saturated rings. The van der Waals surface area contributed by atoms with E-state index in [0.29, 0.717) is 11.3 Å². The van der Waals surface area contributed by atoms with Gasteiger partial charge in [-0.15, -0.1) is 0 Å². The SMILES string of the molecule is Cc1nn2c([O-])cc(-c3ccc([N+](=O)[O-])cc3)nc2c1-c1ccc(F)cc1F.[K+]. The number of nitro benzene ring substituents is 1. The van der Waals surface area contributed by atoms with Crippen molar-refractivity contribution in [1.82, 2.24) is 14.6 Å². The molecule has 0 amide bonds. The van der Waals surface area contributed by atoms with E-state index in [-0.39, 0.29) is 79.5 Å². The van der Waals surface area contributed by atoms with Gasteiger partial charge in [-0.25, -0.2) is 18.3 Å². The third-order valence-electron chi connectivity index (χ3n) is 4.31. The fourth-order valence-electron chi connectivity index (χ4n) is 3.01. The van der Waals surface area contributed by atoms with Crippen LogP contribution in [-0.2, 0) is 0 Å². The maximum Gasteiger partial charge on any atom is 1.00 e. The van der Waals surface area contributed by atoms with Crippen LogP contribution >= 0.6 is 0 Å². The van der Waals surface area contributed by atoms with Gasteiger partial charge >= 0.3 is 51.4 Å². The maximum atomic E-state index is 14.3. The third kappa shape index (κ3) is 3.94. The van der Waals surface area contributed by atoms with Gasteiger partial charge in [-0.1, -0.05) is 0 Å². The van der Waals surface area contributed by atoms with Gasteiger partial charge in [-0.05, 0) is 43.1 Å². The number of benzene rings is 2. The number of fused-ring (bicyclic) bond motifs is 1. The Morgan fingerprint density at radius 1 is 1.07 bits per heavy atom. The van der Waals surface area contributed by atoms with Crippen LogP contribution in [0.25, 0.3) is 28.0 Å². The quantitative estimate of drug-likeness (QED) is 0.275. The summed E-state index contributed by atoms with van der Waals surface area (Å²) < 4.78 is 28.6. The second kappa shape index (κ2) is 8.24. The standard InChI is InChI=1S/C19H12F2N4O3.K/c1-10-18(14-7-4-12(20)8-15(14)21)19-22-16(9-17(26)24(19)23-10)11-2-5-13(6-3-11)25(27)28;/h2-9,26H,1H3;/q;+1/p-1. The number of hydrogen-bond donors (Lipinski definition) is 0. The summed E-state index contributed by atoms with van der Waals surface area (Å²) in [6.07, 6.45) is 0. The summed E-state index contributed by atoms with van der Waals surface area (Å²) in [4.78, 5) is 14.7. The predicted octanol–water partition coefficient (Wildman–Crippen LogP) is 0.636. The third-order valence-corrected chi connectivity index (χ3v) is 4.31. The van der Waals surface area contributed by atoms with Crippen molar-refractivity contribution in [1.29, 1.82) is 0 Å². The number of aromatic nitrogens is 3. The zero-order valence-corrected chi connectivity index (χ0v) is 18.5. The van der Waals surface area contributed by atoms with E-state index < -0.39 is 22.4 Å². The van der Waals surface area contributed by atoms with Gasteiger partial charge in [0.1, 0.15) is 11.6 Å². The van der Waals surface area contributed by atoms with E-state index in [1.807, 2.05) is 0 Å². The van der Waals surface area contributed by atoms with Gasteiger partial charge < -0.3 is 5.11 Å². The Bertz CT molecular complexity index is 1240. The Balaban J connectivity index is 0.00000240. The van der Waals surface area contributed by atoms with Gasteiger partial charge in [0.25, 0.3) is 5.69 Å². The predicted molar refractivity (Wildman–Crippen MR) is 94.6 cm³/mol. The van der Waals surface area contributed by atoms with Crippen LogP contribution < -0.4 is 56.5 Å². The number of rotatable bonds is 3. The zero-order valence-electron chi connectivity index (χ0n) is 15.4. The van der Waals surface area contributed by atoms with Crippen LogP contribution in [0.5, 0.6) is 5.88 Å². The van der Waals surface area contributed by atoms with Crippen molar-refractivity contribution in [3.05, 3.63) is 76.0 Å². The van der Waals surface area contributed by atoms with Crippen LogP contribution in [0.4, 0.5) is 14.5 Å². The van der Waals surface area contributed by atoms with Gasteiger partial charge in [0, 0.05) is 29.3 Å². The molecule has 0 saturated heterocycles. The average molecular weight is 420 g/mol. The molecule has 2 heterocycles. The van der Waals surface area contributed by atoms with E-state index in [2.05, 4.69) is 10.1 Å². The van der Waals surface area contributed by atoms with E-state index in [9.17, 15) is 24.0 Å². The van der Waals surface area contributed by atoms with Crippen molar-refractivity contribution in [3.63, 3.8) is 0 Å². The van der Waals surface area contributed by atoms with E-state index in [1.54, 1.807) is 6.92 Å². The molecule has 2 aromatic heterocycles. The van der Waals surface area contributed by atoms with Gasteiger partial charge in [0.05, 0.1) is 21.9 Å². The Kier molecular flexibility index (Phi) is 6.10. The molecule has 0 radical (unpaired) electrons. The first-order chi connectivity index (χ1) is 13.3. The fourth-order valence-corrected chi connectivity index (χ4v) is 3.01. The first kappa shape index (κ1) is 21.5. The minimum Gasteiger partial charge on any atom is -0.858 e.